The predicted molar refractivity (Wildman–Crippen MR) is 69.7 cm³/mol. The van der Waals surface area contributed by atoms with E-state index < -0.39 is 24.6 Å². The summed E-state index contributed by atoms with van der Waals surface area (Å²) in [4.78, 5) is 24.7. The molecule has 5 nitrogen and oxygen atoms in total. The molecule has 0 aromatic carbocycles. The molecule has 0 aliphatic carbocycles. The maximum absolute atomic E-state index is 12.0. The van der Waals surface area contributed by atoms with Crippen LogP contribution in [0.5, 0.6) is 0 Å². The smallest absolute Gasteiger partial charge is 0.326 e. The second kappa shape index (κ2) is 8.85. The molecule has 0 saturated heterocycles. The number of hydrogen-bond acceptors (Lipinski definition) is 3. The second-order valence-electron chi connectivity index (χ2n) is 4.80. The lowest BCUT2D eigenvalue weighted by Crippen LogP contribution is -2.53. The van der Waals surface area contributed by atoms with Crippen LogP contribution in [0.25, 0.3) is 0 Å². The Morgan fingerprint density at radius 3 is 2.26 bits per heavy atom. The van der Waals surface area contributed by atoms with E-state index >= 15 is 0 Å². The normalized spacial score (nSPS) is 14.2. The molecular formula is C13H24FNO4. The third-order valence-corrected chi connectivity index (χ3v) is 3.03. The van der Waals surface area contributed by atoms with Gasteiger partial charge in [-0.15, -0.1) is 0 Å². The zero-order valence-electron chi connectivity index (χ0n) is 12.1. The van der Waals surface area contributed by atoms with E-state index in [2.05, 4.69) is 0 Å². The first-order valence-corrected chi connectivity index (χ1v) is 6.54. The Morgan fingerprint density at radius 1 is 1.32 bits per heavy atom. The molecule has 1 amide bonds. The van der Waals surface area contributed by atoms with Crippen LogP contribution in [0.2, 0.25) is 0 Å². The van der Waals surface area contributed by atoms with Gasteiger partial charge in [0, 0.05) is 6.04 Å². The third-order valence-electron chi connectivity index (χ3n) is 3.03. The highest BCUT2D eigenvalue weighted by Gasteiger charge is 2.35. The number of carbonyl (C=O) groups excluding carboxylic acids is 1. The first kappa shape index (κ1) is 17.8. The topological polar surface area (TPSA) is 66.8 Å². The Morgan fingerprint density at radius 2 is 1.89 bits per heavy atom. The molecule has 0 radical (unpaired) electrons. The number of nitrogens with zero attached hydrogens (tertiary/aromatic N) is 1. The van der Waals surface area contributed by atoms with Gasteiger partial charge in [0.05, 0.1) is 6.61 Å². The maximum Gasteiger partial charge on any atom is 0.326 e. The number of hydrogen-bond donors (Lipinski definition) is 1. The second-order valence-corrected chi connectivity index (χ2v) is 4.80. The average molecular weight is 277 g/mol. The summed E-state index contributed by atoms with van der Waals surface area (Å²) in [6.07, 6.45) is 0.652. The largest absolute Gasteiger partial charge is 0.480 e. The van der Waals surface area contributed by atoms with Crippen molar-refractivity contribution in [1.82, 2.24) is 4.90 Å². The molecule has 6 heteroatoms. The fourth-order valence-corrected chi connectivity index (χ4v) is 1.91. The molecule has 19 heavy (non-hydrogen) atoms. The summed E-state index contributed by atoms with van der Waals surface area (Å²) in [5, 5.41) is 9.32. The summed E-state index contributed by atoms with van der Waals surface area (Å²) in [5.41, 5.74) is 0. The average Bonchev–Trinajstić information content (AvgIpc) is 2.33. The number of alkyl halides is 1. The van der Waals surface area contributed by atoms with Crippen molar-refractivity contribution < 1.29 is 23.8 Å². The maximum atomic E-state index is 12.0. The van der Waals surface area contributed by atoms with E-state index in [4.69, 9.17) is 4.74 Å². The first-order chi connectivity index (χ1) is 8.86. The lowest BCUT2D eigenvalue weighted by atomic mass is 9.96. The zero-order valence-corrected chi connectivity index (χ0v) is 12.1. The monoisotopic (exact) mass is 277 g/mol. The fourth-order valence-electron chi connectivity index (χ4n) is 1.91. The number of carbonyl (C=O) groups is 2. The highest BCUT2D eigenvalue weighted by Crippen LogP contribution is 2.18. The molecule has 0 aliphatic heterocycles. The van der Waals surface area contributed by atoms with Crippen molar-refractivity contribution in [2.45, 2.75) is 46.2 Å². The summed E-state index contributed by atoms with van der Waals surface area (Å²) in [5.74, 6) is -1.61. The molecule has 0 fully saturated rings. The lowest BCUT2D eigenvalue weighted by molar-refractivity contribution is -0.156. The molecule has 0 aromatic rings. The standard InChI is InChI=1S/C13H24FNO4/c1-5-10(4)12(13(17)18)15(9(2)3)11(16)8-19-7-6-14/h9-10,12H,5-8H2,1-4H3,(H,17,18)/t10-,12-/m0/s1. The molecule has 0 saturated carbocycles. The van der Waals surface area contributed by atoms with Gasteiger partial charge in [-0.3, -0.25) is 4.79 Å². The Labute approximate surface area is 113 Å². The van der Waals surface area contributed by atoms with Gasteiger partial charge in [-0.05, 0) is 19.8 Å². The lowest BCUT2D eigenvalue weighted by Gasteiger charge is -2.35. The summed E-state index contributed by atoms with van der Waals surface area (Å²) < 4.78 is 16.8. The fraction of sp³-hybridized carbons (Fsp3) is 0.846. The zero-order chi connectivity index (χ0) is 15.0. The van der Waals surface area contributed by atoms with Crippen molar-refractivity contribution in [3.8, 4) is 0 Å². The van der Waals surface area contributed by atoms with Crippen LogP contribution in [-0.4, -0.2) is 53.9 Å². The van der Waals surface area contributed by atoms with Crippen molar-refractivity contribution in [2.75, 3.05) is 19.9 Å². The quantitative estimate of drug-likeness (QED) is 0.651. The van der Waals surface area contributed by atoms with Crippen LogP contribution < -0.4 is 0 Å². The van der Waals surface area contributed by atoms with Gasteiger partial charge in [0.2, 0.25) is 5.91 Å². The molecule has 2 atom stereocenters. The minimum Gasteiger partial charge on any atom is -0.480 e. The molecule has 0 bridgehead atoms. The van der Waals surface area contributed by atoms with Crippen molar-refractivity contribution in [3.63, 3.8) is 0 Å². The van der Waals surface area contributed by atoms with Crippen molar-refractivity contribution in [3.05, 3.63) is 0 Å². The van der Waals surface area contributed by atoms with Crippen molar-refractivity contribution >= 4 is 11.9 Å². The van der Waals surface area contributed by atoms with E-state index in [1.54, 1.807) is 20.8 Å². The van der Waals surface area contributed by atoms with E-state index in [0.29, 0.717) is 6.42 Å². The van der Waals surface area contributed by atoms with Gasteiger partial charge in [-0.25, -0.2) is 9.18 Å². The number of halogens is 1. The van der Waals surface area contributed by atoms with E-state index in [-0.39, 0.29) is 25.2 Å². The predicted octanol–water partition coefficient (Wildman–Crippen LogP) is 1.71. The van der Waals surface area contributed by atoms with Crippen LogP contribution in [0.4, 0.5) is 4.39 Å². The van der Waals surface area contributed by atoms with Crippen LogP contribution in [0.15, 0.2) is 0 Å². The highest BCUT2D eigenvalue weighted by atomic mass is 19.1. The SMILES string of the molecule is CC[C@H](C)[C@@H](C(=O)O)N(C(=O)COCCF)C(C)C. The van der Waals surface area contributed by atoms with Crippen LogP contribution in [0.3, 0.4) is 0 Å². The van der Waals surface area contributed by atoms with Gasteiger partial charge in [0.15, 0.2) is 0 Å². The molecule has 0 aliphatic rings. The van der Waals surface area contributed by atoms with Gasteiger partial charge in [-0.2, -0.15) is 0 Å². The van der Waals surface area contributed by atoms with Gasteiger partial charge in [0.25, 0.3) is 0 Å². The van der Waals surface area contributed by atoms with Gasteiger partial charge in [-0.1, -0.05) is 20.3 Å². The number of aliphatic carboxylic acids is 1. The summed E-state index contributed by atoms with van der Waals surface area (Å²) >= 11 is 0. The van der Waals surface area contributed by atoms with Crippen LogP contribution in [0.1, 0.15) is 34.1 Å². The highest BCUT2D eigenvalue weighted by molar-refractivity contribution is 5.84. The summed E-state index contributed by atoms with van der Waals surface area (Å²) in [6, 6.07) is -1.14. The molecule has 0 unspecified atom stereocenters. The Hall–Kier alpha value is -1.17. The first-order valence-electron chi connectivity index (χ1n) is 6.54. The van der Waals surface area contributed by atoms with Crippen LogP contribution in [0, 0.1) is 5.92 Å². The summed E-state index contributed by atoms with van der Waals surface area (Å²) in [7, 11) is 0. The van der Waals surface area contributed by atoms with Gasteiger partial charge < -0.3 is 14.7 Å². The minimum absolute atomic E-state index is 0.154. The number of ether oxygens (including phenoxy) is 1. The van der Waals surface area contributed by atoms with Crippen molar-refractivity contribution in [2.24, 2.45) is 5.92 Å². The Balaban J connectivity index is 4.94. The molecule has 0 aromatic heterocycles. The van der Waals surface area contributed by atoms with E-state index in [1.165, 1.54) is 4.90 Å². The molecule has 0 rings (SSSR count). The molecule has 0 heterocycles. The number of rotatable bonds is 9. The van der Waals surface area contributed by atoms with Crippen molar-refractivity contribution in [1.29, 1.82) is 0 Å². The molecule has 112 valence electrons. The van der Waals surface area contributed by atoms with Crippen LogP contribution >= 0.6 is 0 Å². The number of carboxylic acid groups (broad SMARTS) is 1. The van der Waals surface area contributed by atoms with E-state index in [9.17, 15) is 19.1 Å². The number of carboxylic acids is 1. The Bertz CT molecular complexity index is 296. The van der Waals surface area contributed by atoms with E-state index in [1.807, 2.05) is 6.92 Å². The summed E-state index contributed by atoms with van der Waals surface area (Å²) in [6.45, 7) is 6.08. The van der Waals surface area contributed by atoms with Gasteiger partial charge >= 0.3 is 5.97 Å². The number of amides is 1. The van der Waals surface area contributed by atoms with E-state index in [0.717, 1.165) is 0 Å². The molecular weight excluding hydrogens is 253 g/mol. The Kier molecular flexibility index (Phi) is 8.30. The minimum atomic E-state index is -1.03. The molecule has 0 spiro atoms. The van der Waals surface area contributed by atoms with Gasteiger partial charge in [0.1, 0.15) is 19.3 Å². The third kappa shape index (κ3) is 5.55. The molecule has 1 N–H and O–H groups in total. The van der Waals surface area contributed by atoms with Crippen LogP contribution in [-0.2, 0) is 14.3 Å².